The highest BCUT2D eigenvalue weighted by Gasteiger charge is 2.05. The zero-order valence-electron chi connectivity index (χ0n) is 14.3. The minimum absolute atomic E-state index is 0. The van der Waals surface area contributed by atoms with Crippen LogP contribution in [0, 0.1) is 13.8 Å². The highest BCUT2D eigenvalue weighted by atomic mass is 127. The fourth-order valence-corrected chi connectivity index (χ4v) is 1.85. The summed E-state index contributed by atoms with van der Waals surface area (Å²) in [6.45, 7) is 9.20. The molecular formula is C17H27IN4O. The zero-order chi connectivity index (χ0) is 16.5. The maximum absolute atomic E-state index is 11.6. The zero-order valence-corrected chi connectivity index (χ0v) is 16.7. The maximum Gasteiger partial charge on any atom is 0.241 e. The molecule has 1 rings (SSSR count). The third-order valence-electron chi connectivity index (χ3n) is 3.23. The van der Waals surface area contributed by atoms with Gasteiger partial charge < -0.3 is 15.5 Å². The van der Waals surface area contributed by atoms with Crippen LogP contribution in [0.25, 0.3) is 0 Å². The highest BCUT2D eigenvalue weighted by molar-refractivity contribution is 14.0. The highest BCUT2D eigenvalue weighted by Crippen LogP contribution is 2.11. The molecule has 0 atom stereocenters. The van der Waals surface area contributed by atoms with E-state index in [0.717, 1.165) is 0 Å². The summed E-state index contributed by atoms with van der Waals surface area (Å²) in [5, 5.41) is 6.15. The minimum atomic E-state index is -0.000352. The summed E-state index contributed by atoms with van der Waals surface area (Å²) >= 11 is 0. The Labute approximate surface area is 156 Å². The molecule has 5 nitrogen and oxygen atoms in total. The van der Waals surface area contributed by atoms with E-state index in [4.69, 9.17) is 0 Å². The number of amides is 1. The van der Waals surface area contributed by atoms with Gasteiger partial charge in [-0.25, -0.2) is 4.99 Å². The quantitative estimate of drug-likeness (QED) is 0.315. The van der Waals surface area contributed by atoms with Gasteiger partial charge in [0.1, 0.15) is 0 Å². The van der Waals surface area contributed by atoms with Crippen LogP contribution in [-0.2, 0) is 11.3 Å². The van der Waals surface area contributed by atoms with Crippen LogP contribution in [0.4, 0.5) is 0 Å². The van der Waals surface area contributed by atoms with Gasteiger partial charge in [0.05, 0.1) is 13.1 Å². The Hall–Kier alpha value is -1.57. The first-order chi connectivity index (χ1) is 10.4. The minimum Gasteiger partial charge on any atom is -0.353 e. The van der Waals surface area contributed by atoms with Crippen molar-refractivity contribution in [2.24, 2.45) is 4.99 Å². The molecule has 0 aliphatic carbocycles. The number of carbonyl (C=O) groups is 1. The van der Waals surface area contributed by atoms with E-state index in [1.54, 1.807) is 25.1 Å². The first-order valence-electron chi connectivity index (χ1n) is 7.33. The fourth-order valence-electron chi connectivity index (χ4n) is 1.85. The fraction of sp³-hybridized carbons (Fsp3) is 0.412. The maximum atomic E-state index is 11.6. The number of likely N-dealkylation sites (N-methyl/N-ethyl adjacent to an activating group) is 1. The summed E-state index contributed by atoms with van der Waals surface area (Å²) in [6.07, 6.45) is 1.75. The molecule has 0 unspecified atom stereocenters. The van der Waals surface area contributed by atoms with Crippen LogP contribution in [0.15, 0.2) is 35.8 Å². The number of guanidine groups is 1. The number of benzene rings is 1. The average Bonchev–Trinajstić information content (AvgIpc) is 2.47. The molecule has 0 radical (unpaired) electrons. The summed E-state index contributed by atoms with van der Waals surface area (Å²) in [4.78, 5) is 17.7. The molecule has 0 saturated carbocycles. The van der Waals surface area contributed by atoms with E-state index < -0.39 is 0 Å². The van der Waals surface area contributed by atoms with Gasteiger partial charge in [-0.15, -0.1) is 30.6 Å². The Kier molecular flexibility index (Phi) is 10.3. The standard InChI is InChI=1S/C17H26N4O.HI/c1-6-9-18-17(20-12-16(22)21(4)5)19-11-15-8-7-13(2)10-14(15)3;/h6-8,10H,1,9,11-12H2,2-5H3,(H2,18,19,20);1H. The van der Waals surface area contributed by atoms with Crippen molar-refractivity contribution in [3.63, 3.8) is 0 Å². The number of nitrogens with one attached hydrogen (secondary N) is 2. The molecule has 0 fully saturated rings. The predicted octanol–water partition coefficient (Wildman–Crippen LogP) is 2.23. The molecule has 0 spiro atoms. The van der Waals surface area contributed by atoms with Crippen molar-refractivity contribution in [2.45, 2.75) is 20.4 Å². The summed E-state index contributed by atoms with van der Waals surface area (Å²) in [7, 11) is 3.46. The van der Waals surface area contributed by atoms with Gasteiger partial charge in [-0.1, -0.05) is 29.8 Å². The van der Waals surface area contributed by atoms with E-state index in [1.165, 1.54) is 16.7 Å². The van der Waals surface area contributed by atoms with E-state index in [9.17, 15) is 4.79 Å². The molecule has 0 saturated heterocycles. The first kappa shape index (κ1) is 21.4. The Morgan fingerprint density at radius 1 is 1.30 bits per heavy atom. The summed E-state index contributed by atoms with van der Waals surface area (Å²) < 4.78 is 0. The SMILES string of the molecule is C=CCNC(=NCc1ccc(C)cc1C)NCC(=O)N(C)C.I. The molecule has 2 N–H and O–H groups in total. The summed E-state index contributed by atoms with van der Waals surface area (Å²) in [5.74, 6) is 0.606. The number of nitrogens with zero attached hydrogens (tertiary/aromatic N) is 2. The number of carbonyl (C=O) groups excluding carboxylic acids is 1. The van der Waals surface area contributed by atoms with Gasteiger partial charge in [-0.2, -0.15) is 0 Å². The third-order valence-corrected chi connectivity index (χ3v) is 3.23. The number of aliphatic imine (C=N–C) groups is 1. The lowest BCUT2D eigenvalue weighted by Gasteiger charge is -2.14. The lowest BCUT2D eigenvalue weighted by atomic mass is 10.1. The van der Waals surface area contributed by atoms with Crippen molar-refractivity contribution < 1.29 is 4.79 Å². The number of aryl methyl sites for hydroxylation is 2. The van der Waals surface area contributed by atoms with Gasteiger partial charge in [0, 0.05) is 20.6 Å². The summed E-state index contributed by atoms with van der Waals surface area (Å²) in [6, 6.07) is 6.31. The molecule has 0 aliphatic heterocycles. The second kappa shape index (κ2) is 11.0. The van der Waals surface area contributed by atoms with Crippen molar-refractivity contribution in [3.8, 4) is 0 Å². The molecule has 128 valence electrons. The molecule has 0 aliphatic rings. The van der Waals surface area contributed by atoms with Crippen LogP contribution < -0.4 is 10.6 Å². The number of hydrogen-bond donors (Lipinski definition) is 2. The van der Waals surface area contributed by atoms with Crippen molar-refractivity contribution in [3.05, 3.63) is 47.5 Å². The Morgan fingerprint density at radius 2 is 2.00 bits per heavy atom. The van der Waals surface area contributed by atoms with Gasteiger partial charge in [-0.3, -0.25) is 4.79 Å². The lowest BCUT2D eigenvalue weighted by molar-refractivity contribution is -0.127. The smallest absolute Gasteiger partial charge is 0.241 e. The van der Waals surface area contributed by atoms with E-state index in [-0.39, 0.29) is 36.4 Å². The van der Waals surface area contributed by atoms with Crippen molar-refractivity contribution in [2.75, 3.05) is 27.2 Å². The molecule has 0 heterocycles. The molecule has 23 heavy (non-hydrogen) atoms. The topological polar surface area (TPSA) is 56.7 Å². The molecule has 1 aromatic rings. The van der Waals surface area contributed by atoms with Crippen LogP contribution in [-0.4, -0.2) is 44.0 Å². The Bertz CT molecular complexity index is 556. The molecule has 1 amide bonds. The number of hydrogen-bond acceptors (Lipinski definition) is 2. The van der Waals surface area contributed by atoms with Gasteiger partial charge in [0.25, 0.3) is 0 Å². The van der Waals surface area contributed by atoms with Crippen molar-refractivity contribution >= 4 is 35.8 Å². The largest absolute Gasteiger partial charge is 0.353 e. The van der Waals surface area contributed by atoms with E-state index >= 15 is 0 Å². The van der Waals surface area contributed by atoms with Crippen LogP contribution in [0.5, 0.6) is 0 Å². The third kappa shape index (κ3) is 8.01. The first-order valence-corrected chi connectivity index (χ1v) is 7.33. The molecule has 0 aromatic heterocycles. The number of halogens is 1. The van der Waals surface area contributed by atoms with Crippen molar-refractivity contribution in [1.29, 1.82) is 0 Å². The van der Waals surface area contributed by atoms with Crippen LogP contribution >= 0.6 is 24.0 Å². The van der Waals surface area contributed by atoms with Crippen LogP contribution in [0.3, 0.4) is 0 Å². The van der Waals surface area contributed by atoms with Crippen molar-refractivity contribution in [1.82, 2.24) is 15.5 Å². The van der Waals surface area contributed by atoms with E-state index in [2.05, 4.69) is 54.3 Å². The Morgan fingerprint density at radius 3 is 2.57 bits per heavy atom. The van der Waals surface area contributed by atoms with E-state index in [0.29, 0.717) is 19.0 Å². The molecule has 6 heteroatoms. The molecule has 1 aromatic carbocycles. The summed E-state index contributed by atoms with van der Waals surface area (Å²) in [5.41, 5.74) is 3.63. The van der Waals surface area contributed by atoms with Crippen LogP contribution in [0.1, 0.15) is 16.7 Å². The van der Waals surface area contributed by atoms with Gasteiger partial charge >= 0.3 is 0 Å². The van der Waals surface area contributed by atoms with Gasteiger partial charge in [0.2, 0.25) is 5.91 Å². The van der Waals surface area contributed by atoms with Crippen LogP contribution in [0.2, 0.25) is 0 Å². The second-order valence-corrected chi connectivity index (χ2v) is 5.41. The van der Waals surface area contributed by atoms with Gasteiger partial charge in [-0.05, 0) is 25.0 Å². The molecular weight excluding hydrogens is 403 g/mol. The molecule has 0 bridgehead atoms. The average molecular weight is 430 g/mol. The number of rotatable bonds is 6. The second-order valence-electron chi connectivity index (χ2n) is 5.41. The van der Waals surface area contributed by atoms with E-state index in [1.807, 2.05) is 0 Å². The predicted molar refractivity (Wildman–Crippen MR) is 107 cm³/mol. The monoisotopic (exact) mass is 430 g/mol. The lowest BCUT2D eigenvalue weighted by Crippen LogP contribution is -2.43. The normalized spacial score (nSPS) is 10.5. The Balaban J connectivity index is 0.00000484. The van der Waals surface area contributed by atoms with Gasteiger partial charge in [0.15, 0.2) is 5.96 Å².